The maximum absolute atomic E-state index is 13.8. The molecule has 0 bridgehead atoms. The summed E-state index contributed by atoms with van der Waals surface area (Å²) < 4.78 is 13.8. The van der Waals surface area contributed by atoms with Crippen molar-refractivity contribution in [1.82, 2.24) is 10.2 Å². The number of halogens is 2. The second-order valence-corrected chi connectivity index (χ2v) is 7.78. The number of benzene rings is 2. The Morgan fingerprint density at radius 2 is 1.73 bits per heavy atom. The normalized spacial score (nSPS) is 17.0. The molecule has 1 N–H and O–H groups in total. The lowest BCUT2D eigenvalue weighted by Crippen LogP contribution is -2.40. The predicted octanol–water partition coefficient (Wildman–Crippen LogP) is 4.09. The van der Waals surface area contributed by atoms with Gasteiger partial charge in [0.1, 0.15) is 5.82 Å². The fraction of sp³-hybridized carbons (Fsp3) is 0.381. The fourth-order valence-corrected chi connectivity index (χ4v) is 3.95. The van der Waals surface area contributed by atoms with Crippen molar-refractivity contribution in [1.29, 1.82) is 0 Å². The molecule has 1 heterocycles. The standard InChI is InChI=1S/C21H24BrFN2O/c22-18(14-17-10-4-5-11-19(17)23)21(26)24-15-20(25-12-6-7-13-25)16-8-2-1-3-9-16/h1-5,8-11,18,20H,6-7,12-15H2,(H,24,26). The van der Waals surface area contributed by atoms with E-state index in [9.17, 15) is 9.18 Å². The Hall–Kier alpha value is -1.72. The van der Waals surface area contributed by atoms with E-state index in [0.29, 0.717) is 18.5 Å². The highest BCUT2D eigenvalue weighted by Gasteiger charge is 2.25. The van der Waals surface area contributed by atoms with Gasteiger partial charge in [-0.2, -0.15) is 0 Å². The van der Waals surface area contributed by atoms with Crippen LogP contribution >= 0.6 is 15.9 Å². The monoisotopic (exact) mass is 418 g/mol. The van der Waals surface area contributed by atoms with E-state index in [1.165, 1.54) is 24.5 Å². The third-order valence-electron chi connectivity index (χ3n) is 4.88. The Labute approximate surface area is 162 Å². The second-order valence-electron chi connectivity index (χ2n) is 6.68. The Bertz CT molecular complexity index is 719. The molecule has 1 amide bonds. The van der Waals surface area contributed by atoms with Gasteiger partial charge in [0.25, 0.3) is 0 Å². The minimum absolute atomic E-state index is 0.103. The molecule has 0 aromatic heterocycles. The lowest BCUT2D eigenvalue weighted by Gasteiger charge is -2.28. The SMILES string of the molecule is O=C(NCC(c1ccccc1)N1CCCC1)C(Br)Cc1ccccc1F. The minimum Gasteiger partial charge on any atom is -0.353 e. The summed E-state index contributed by atoms with van der Waals surface area (Å²) in [4.78, 5) is 14.5. The lowest BCUT2D eigenvalue weighted by atomic mass is 10.1. The molecule has 1 aliphatic heterocycles. The number of likely N-dealkylation sites (tertiary alicyclic amines) is 1. The molecule has 2 aromatic carbocycles. The quantitative estimate of drug-likeness (QED) is 0.686. The van der Waals surface area contributed by atoms with E-state index in [2.05, 4.69) is 38.3 Å². The molecule has 3 nitrogen and oxygen atoms in total. The van der Waals surface area contributed by atoms with Crippen LogP contribution in [0.5, 0.6) is 0 Å². The van der Waals surface area contributed by atoms with Crippen LogP contribution in [0.25, 0.3) is 0 Å². The average Bonchev–Trinajstić information content (AvgIpc) is 3.19. The topological polar surface area (TPSA) is 32.3 Å². The summed E-state index contributed by atoms with van der Waals surface area (Å²) in [7, 11) is 0. The van der Waals surface area contributed by atoms with Gasteiger partial charge in [-0.1, -0.05) is 64.5 Å². The Morgan fingerprint density at radius 3 is 2.42 bits per heavy atom. The van der Waals surface area contributed by atoms with E-state index < -0.39 is 4.83 Å². The number of hydrogen-bond acceptors (Lipinski definition) is 2. The van der Waals surface area contributed by atoms with Gasteiger partial charge < -0.3 is 5.32 Å². The molecule has 0 radical (unpaired) electrons. The number of rotatable bonds is 7. The van der Waals surface area contributed by atoms with Crippen LogP contribution in [0, 0.1) is 5.82 Å². The third-order valence-corrected chi connectivity index (χ3v) is 5.62. The fourth-order valence-electron chi connectivity index (χ4n) is 3.44. The molecule has 1 aliphatic rings. The van der Waals surface area contributed by atoms with Crippen molar-refractivity contribution in [3.05, 3.63) is 71.5 Å². The van der Waals surface area contributed by atoms with Gasteiger partial charge in [0, 0.05) is 6.54 Å². The summed E-state index contributed by atoms with van der Waals surface area (Å²) in [6.07, 6.45) is 2.73. The maximum atomic E-state index is 13.8. The molecular weight excluding hydrogens is 395 g/mol. The molecule has 2 aromatic rings. The van der Waals surface area contributed by atoms with Gasteiger partial charge in [0.2, 0.25) is 5.91 Å². The Kier molecular flexibility index (Phi) is 6.80. The zero-order valence-electron chi connectivity index (χ0n) is 14.7. The van der Waals surface area contributed by atoms with E-state index in [-0.39, 0.29) is 17.8 Å². The summed E-state index contributed by atoms with van der Waals surface area (Å²) in [6, 6.07) is 17.1. The number of hydrogen-bond donors (Lipinski definition) is 1. The van der Waals surface area contributed by atoms with Crippen LogP contribution in [0.3, 0.4) is 0 Å². The summed E-state index contributed by atoms with van der Waals surface area (Å²) in [5.41, 5.74) is 1.76. The van der Waals surface area contributed by atoms with Crippen molar-refractivity contribution in [2.45, 2.75) is 30.1 Å². The van der Waals surface area contributed by atoms with Crippen LogP contribution in [0.1, 0.15) is 30.0 Å². The molecule has 0 spiro atoms. The molecule has 1 fully saturated rings. The van der Waals surface area contributed by atoms with Crippen molar-refractivity contribution >= 4 is 21.8 Å². The first-order valence-corrected chi connectivity index (χ1v) is 10.0. The van der Waals surface area contributed by atoms with Crippen LogP contribution in [0.2, 0.25) is 0 Å². The number of nitrogens with zero attached hydrogens (tertiary/aromatic N) is 1. The van der Waals surface area contributed by atoms with Gasteiger partial charge >= 0.3 is 0 Å². The van der Waals surface area contributed by atoms with E-state index >= 15 is 0 Å². The maximum Gasteiger partial charge on any atom is 0.234 e. The van der Waals surface area contributed by atoms with E-state index in [4.69, 9.17) is 0 Å². The Morgan fingerprint density at radius 1 is 1.08 bits per heavy atom. The molecular formula is C21H24BrFN2O. The number of carbonyl (C=O) groups is 1. The average molecular weight is 419 g/mol. The largest absolute Gasteiger partial charge is 0.353 e. The van der Waals surface area contributed by atoms with E-state index in [1.54, 1.807) is 18.2 Å². The van der Waals surface area contributed by atoms with Crippen molar-refractivity contribution in [3.8, 4) is 0 Å². The smallest absolute Gasteiger partial charge is 0.234 e. The van der Waals surface area contributed by atoms with Gasteiger partial charge in [-0.3, -0.25) is 9.69 Å². The number of carbonyl (C=O) groups excluding carboxylic acids is 1. The summed E-state index contributed by atoms with van der Waals surface area (Å²) in [5, 5.41) is 3.05. The summed E-state index contributed by atoms with van der Waals surface area (Å²) >= 11 is 3.41. The first-order valence-electron chi connectivity index (χ1n) is 9.09. The molecule has 5 heteroatoms. The van der Waals surface area contributed by atoms with E-state index in [0.717, 1.165) is 13.1 Å². The lowest BCUT2D eigenvalue weighted by molar-refractivity contribution is -0.120. The number of alkyl halides is 1. The van der Waals surface area contributed by atoms with Gasteiger partial charge in [0.15, 0.2) is 0 Å². The molecule has 138 valence electrons. The summed E-state index contributed by atoms with van der Waals surface area (Å²) in [5.74, 6) is -0.377. The molecule has 2 atom stereocenters. The number of nitrogens with one attached hydrogen (secondary N) is 1. The van der Waals surface area contributed by atoms with Crippen LogP contribution in [-0.2, 0) is 11.2 Å². The highest BCUT2D eigenvalue weighted by atomic mass is 79.9. The van der Waals surface area contributed by atoms with Crippen LogP contribution < -0.4 is 5.32 Å². The van der Waals surface area contributed by atoms with Crippen molar-refractivity contribution < 1.29 is 9.18 Å². The van der Waals surface area contributed by atoms with Crippen molar-refractivity contribution in [2.24, 2.45) is 0 Å². The van der Waals surface area contributed by atoms with Crippen LogP contribution in [0.4, 0.5) is 4.39 Å². The Balaban J connectivity index is 1.61. The highest BCUT2D eigenvalue weighted by molar-refractivity contribution is 9.10. The highest BCUT2D eigenvalue weighted by Crippen LogP contribution is 2.24. The third kappa shape index (κ3) is 4.92. The molecule has 0 aliphatic carbocycles. The van der Waals surface area contributed by atoms with Gasteiger partial charge in [0.05, 0.1) is 10.9 Å². The molecule has 2 unspecified atom stereocenters. The predicted molar refractivity (Wildman–Crippen MR) is 106 cm³/mol. The first kappa shape index (κ1) is 19.1. The molecule has 0 saturated carbocycles. The van der Waals surface area contributed by atoms with Crippen molar-refractivity contribution in [2.75, 3.05) is 19.6 Å². The molecule has 26 heavy (non-hydrogen) atoms. The number of amides is 1. The van der Waals surface area contributed by atoms with Crippen LogP contribution in [0.15, 0.2) is 54.6 Å². The summed E-state index contributed by atoms with van der Waals surface area (Å²) in [6.45, 7) is 2.67. The zero-order chi connectivity index (χ0) is 18.4. The van der Waals surface area contributed by atoms with E-state index in [1.807, 2.05) is 18.2 Å². The first-order chi connectivity index (χ1) is 12.6. The zero-order valence-corrected chi connectivity index (χ0v) is 16.3. The van der Waals surface area contributed by atoms with Gasteiger partial charge in [-0.05, 0) is 49.5 Å². The van der Waals surface area contributed by atoms with Gasteiger partial charge in [-0.25, -0.2) is 4.39 Å². The van der Waals surface area contributed by atoms with Crippen LogP contribution in [-0.4, -0.2) is 35.3 Å². The van der Waals surface area contributed by atoms with Crippen molar-refractivity contribution in [3.63, 3.8) is 0 Å². The minimum atomic E-state index is -0.450. The second kappa shape index (κ2) is 9.28. The molecule has 1 saturated heterocycles. The van der Waals surface area contributed by atoms with Gasteiger partial charge in [-0.15, -0.1) is 0 Å². The molecule has 3 rings (SSSR count).